The molecule has 19 heavy (non-hydrogen) atoms. The van der Waals surface area contributed by atoms with Crippen molar-refractivity contribution in [3.63, 3.8) is 0 Å². The van der Waals surface area contributed by atoms with Crippen molar-refractivity contribution in [2.24, 2.45) is 5.14 Å². The molecular weight excluding hydrogens is 292 g/mol. The molecule has 0 fully saturated rings. The van der Waals surface area contributed by atoms with Crippen LogP contribution in [0.4, 0.5) is 0 Å². The molecule has 0 bridgehead atoms. The van der Waals surface area contributed by atoms with Gasteiger partial charge >= 0.3 is 0 Å². The van der Waals surface area contributed by atoms with Crippen molar-refractivity contribution in [3.05, 3.63) is 28.8 Å². The highest BCUT2D eigenvalue weighted by molar-refractivity contribution is 7.89. The highest BCUT2D eigenvalue weighted by atomic mass is 35.5. The monoisotopic (exact) mass is 306 g/mol. The van der Waals surface area contributed by atoms with E-state index in [-0.39, 0.29) is 21.6 Å². The number of methoxy groups -OCH3 is 1. The molecule has 1 amide bonds. The van der Waals surface area contributed by atoms with E-state index >= 15 is 0 Å². The van der Waals surface area contributed by atoms with E-state index in [9.17, 15) is 13.2 Å². The summed E-state index contributed by atoms with van der Waals surface area (Å²) in [6.45, 7) is 2.08. The molecule has 0 aliphatic carbocycles. The lowest BCUT2D eigenvalue weighted by Crippen LogP contribution is -2.31. The van der Waals surface area contributed by atoms with Crippen molar-refractivity contribution in [1.29, 1.82) is 0 Å². The first-order valence-electron chi connectivity index (χ1n) is 5.38. The van der Waals surface area contributed by atoms with Crippen molar-refractivity contribution < 1.29 is 17.9 Å². The molecule has 0 heterocycles. The summed E-state index contributed by atoms with van der Waals surface area (Å²) in [5, 5.41) is 7.72. The van der Waals surface area contributed by atoms with Gasteiger partial charge in [0.2, 0.25) is 10.0 Å². The van der Waals surface area contributed by atoms with Crippen LogP contribution in [0.3, 0.4) is 0 Å². The van der Waals surface area contributed by atoms with Crippen LogP contribution in [0.25, 0.3) is 0 Å². The largest absolute Gasteiger partial charge is 0.380 e. The van der Waals surface area contributed by atoms with Crippen LogP contribution in [-0.4, -0.2) is 34.1 Å². The second-order valence-electron chi connectivity index (χ2n) is 3.98. The zero-order valence-electron chi connectivity index (χ0n) is 10.5. The van der Waals surface area contributed by atoms with Gasteiger partial charge in [0.15, 0.2) is 0 Å². The lowest BCUT2D eigenvalue weighted by atomic mass is 10.2. The van der Waals surface area contributed by atoms with Gasteiger partial charge < -0.3 is 10.1 Å². The van der Waals surface area contributed by atoms with E-state index < -0.39 is 15.9 Å². The topological polar surface area (TPSA) is 98.5 Å². The molecular formula is C11H15ClN2O4S. The van der Waals surface area contributed by atoms with Crippen LogP contribution >= 0.6 is 11.6 Å². The summed E-state index contributed by atoms with van der Waals surface area (Å²) >= 11 is 5.77. The van der Waals surface area contributed by atoms with E-state index in [2.05, 4.69) is 5.32 Å². The number of halogens is 1. The number of amides is 1. The zero-order chi connectivity index (χ0) is 14.6. The molecule has 0 spiro atoms. The van der Waals surface area contributed by atoms with Gasteiger partial charge in [-0.15, -0.1) is 0 Å². The van der Waals surface area contributed by atoms with Crippen LogP contribution in [0.1, 0.15) is 17.3 Å². The van der Waals surface area contributed by atoms with Crippen molar-refractivity contribution in [2.45, 2.75) is 17.9 Å². The van der Waals surface area contributed by atoms with Gasteiger partial charge in [-0.25, -0.2) is 13.6 Å². The predicted octanol–water partition coefficient (Wildman–Crippen LogP) is 0.752. The van der Waals surface area contributed by atoms with Gasteiger partial charge in [0, 0.05) is 24.2 Å². The van der Waals surface area contributed by atoms with E-state index in [4.69, 9.17) is 21.5 Å². The van der Waals surface area contributed by atoms with E-state index in [0.717, 1.165) is 0 Å². The van der Waals surface area contributed by atoms with Gasteiger partial charge in [-0.1, -0.05) is 11.6 Å². The average Bonchev–Trinajstić information content (AvgIpc) is 2.33. The fourth-order valence-electron chi connectivity index (χ4n) is 1.28. The quantitative estimate of drug-likeness (QED) is 0.838. The first-order valence-corrected chi connectivity index (χ1v) is 7.31. The number of ether oxygens (including phenoxy) is 1. The summed E-state index contributed by atoms with van der Waals surface area (Å²) in [6, 6.07) is 3.72. The van der Waals surface area contributed by atoms with E-state index in [1.54, 1.807) is 6.92 Å². The average molecular weight is 307 g/mol. The molecule has 1 aromatic carbocycles. The minimum atomic E-state index is -3.91. The van der Waals surface area contributed by atoms with Crippen LogP contribution in [0, 0.1) is 0 Å². The number of rotatable bonds is 5. The van der Waals surface area contributed by atoms with Gasteiger partial charge in [0.25, 0.3) is 5.91 Å². The maximum atomic E-state index is 11.8. The lowest BCUT2D eigenvalue weighted by Gasteiger charge is -2.11. The second kappa shape index (κ2) is 6.33. The van der Waals surface area contributed by atoms with Crippen molar-refractivity contribution >= 4 is 27.5 Å². The highest BCUT2D eigenvalue weighted by Crippen LogP contribution is 2.18. The maximum Gasteiger partial charge on any atom is 0.251 e. The Balaban J connectivity index is 2.95. The van der Waals surface area contributed by atoms with Crippen LogP contribution in [0.5, 0.6) is 0 Å². The third-order valence-corrected chi connectivity index (χ3v) is 3.53. The normalized spacial score (nSPS) is 13.1. The SMILES string of the molecule is COC(C)CNC(=O)c1cc(Cl)cc(S(N)(=O)=O)c1. The Morgan fingerprint density at radius 1 is 1.47 bits per heavy atom. The Morgan fingerprint density at radius 2 is 2.11 bits per heavy atom. The molecule has 1 rings (SSSR count). The van der Waals surface area contributed by atoms with Crippen LogP contribution in [0.2, 0.25) is 5.02 Å². The molecule has 0 saturated heterocycles. The van der Waals surface area contributed by atoms with Crippen molar-refractivity contribution in [3.8, 4) is 0 Å². The number of carbonyl (C=O) groups excluding carboxylic acids is 1. The first-order chi connectivity index (χ1) is 8.74. The van der Waals surface area contributed by atoms with Crippen molar-refractivity contribution in [2.75, 3.05) is 13.7 Å². The minimum absolute atomic E-state index is 0.122. The summed E-state index contributed by atoms with van der Waals surface area (Å²) in [6.07, 6.45) is -0.152. The predicted molar refractivity (Wildman–Crippen MR) is 71.6 cm³/mol. The first kappa shape index (κ1) is 15.9. The molecule has 3 N–H and O–H groups in total. The van der Waals surface area contributed by atoms with Crippen LogP contribution in [-0.2, 0) is 14.8 Å². The van der Waals surface area contributed by atoms with Gasteiger partial charge in [-0.3, -0.25) is 4.79 Å². The number of hydrogen-bond acceptors (Lipinski definition) is 4. The maximum absolute atomic E-state index is 11.8. The number of primary sulfonamides is 1. The molecule has 1 unspecified atom stereocenters. The van der Waals surface area contributed by atoms with Crippen LogP contribution < -0.4 is 10.5 Å². The fraction of sp³-hybridized carbons (Fsp3) is 0.364. The Hall–Kier alpha value is -1.15. The number of nitrogens with one attached hydrogen (secondary N) is 1. The Morgan fingerprint density at radius 3 is 2.63 bits per heavy atom. The highest BCUT2D eigenvalue weighted by Gasteiger charge is 2.14. The molecule has 0 saturated carbocycles. The third kappa shape index (κ3) is 4.79. The van der Waals surface area contributed by atoms with E-state index in [0.29, 0.717) is 6.54 Å². The van der Waals surface area contributed by atoms with Gasteiger partial charge in [-0.2, -0.15) is 0 Å². The number of hydrogen-bond donors (Lipinski definition) is 2. The fourth-order valence-corrected chi connectivity index (χ4v) is 2.16. The Labute approximate surface area is 116 Å². The summed E-state index contributed by atoms with van der Waals surface area (Å²) in [5.74, 6) is -0.448. The third-order valence-electron chi connectivity index (χ3n) is 2.41. The van der Waals surface area contributed by atoms with Crippen molar-refractivity contribution in [1.82, 2.24) is 5.32 Å². The summed E-state index contributed by atoms with van der Waals surface area (Å²) < 4.78 is 27.5. The molecule has 8 heteroatoms. The summed E-state index contributed by atoms with van der Waals surface area (Å²) in [7, 11) is -2.38. The molecule has 0 aliphatic rings. The van der Waals surface area contributed by atoms with E-state index in [1.807, 2.05) is 0 Å². The number of nitrogens with two attached hydrogens (primary N) is 1. The molecule has 0 radical (unpaired) electrons. The lowest BCUT2D eigenvalue weighted by molar-refractivity contribution is 0.0870. The number of benzene rings is 1. The van der Waals surface area contributed by atoms with E-state index in [1.165, 1.54) is 25.3 Å². The van der Waals surface area contributed by atoms with Gasteiger partial charge in [0.05, 0.1) is 11.0 Å². The van der Waals surface area contributed by atoms with Gasteiger partial charge in [-0.05, 0) is 25.1 Å². The molecule has 6 nitrogen and oxygen atoms in total. The van der Waals surface area contributed by atoms with Gasteiger partial charge in [0.1, 0.15) is 0 Å². The smallest absolute Gasteiger partial charge is 0.251 e. The Bertz CT molecular complexity index is 574. The standard InChI is InChI=1S/C11H15ClN2O4S/c1-7(18-2)6-14-11(15)8-3-9(12)5-10(4-8)19(13,16)17/h3-5,7H,6H2,1-2H3,(H,14,15)(H2,13,16,17). The molecule has 1 atom stereocenters. The molecule has 106 valence electrons. The summed E-state index contributed by atoms with van der Waals surface area (Å²) in [5.41, 5.74) is 0.125. The second-order valence-corrected chi connectivity index (χ2v) is 5.97. The number of sulfonamides is 1. The number of carbonyl (C=O) groups is 1. The van der Waals surface area contributed by atoms with Crippen LogP contribution in [0.15, 0.2) is 23.1 Å². The summed E-state index contributed by atoms with van der Waals surface area (Å²) in [4.78, 5) is 11.6. The zero-order valence-corrected chi connectivity index (χ0v) is 12.1. The molecule has 1 aromatic rings. The minimum Gasteiger partial charge on any atom is -0.380 e. The molecule has 0 aliphatic heterocycles. The Kier molecular flexibility index (Phi) is 5.30. The molecule has 0 aromatic heterocycles.